The molecule has 1 aliphatic rings. The van der Waals surface area contributed by atoms with Crippen molar-refractivity contribution in [3.05, 3.63) is 11.3 Å². The molecule has 0 bridgehead atoms. The van der Waals surface area contributed by atoms with Crippen LogP contribution in [-0.2, 0) is 23.1 Å². The molecule has 2 atom stereocenters. The highest BCUT2D eigenvalue weighted by atomic mass is 31.2. The summed E-state index contributed by atoms with van der Waals surface area (Å²) < 4.78 is 28.2. The number of methoxy groups -OCH3 is 1. The molecule has 0 aromatic rings. The smallest absolute Gasteiger partial charge is 0.378 e. The van der Waals surface area contributed by atoms with Crippen LogP contribution in [0.1, 0.15) is 117 Å². The van der Waals surface area contributed by atoms with Crippen molar-refractivity contribution in [2.24, 2.45) is 5.92 Å². The standard InChI is InChI=1S/C25H47O5P/c1-5-6-7-8-9-10-11-12-13-14-15-16-17-18-19-23-20-21-31(27,29-4)30-22(2)24(23)25(26)28-3/h23H,5-21H2,1-4H3/t23-,31-/m1/s1. The second-order valence-corrected chi connectivity index (χ2v) is 11.2. The minimum Gasteiger partial charge on any atom is -0.466 e. The zero-order valence-corrected chi connectivity index (χ0v) is 21.5. The van der Waals surface area contributed by atoms with Gasteiger partial charge in [0.25, 0.3) is 0 Å². The summed E-state index contributed by atoms with van der Waals surface area (Å²) in [5.41, 5.74) is 0.534. The Kier molecular flexibility index (Phi) is 15.3. The van der Waals surface area contributed by atoms with Crippen molar-refractivity contribution < 1.29 is 23.1 Å². The van der Waals surface area contributed by atoms with E-state index in [1.807, 2.05) is 0 Å². The van der Waals surface area contributed by atoms with E-state index in [1.165, 1.54) is 97.7 Å². The highest BCUT2D eigenvalue weighted by Gasteiger charge is 2.35. The van der Waals surface area contributed by atoms with Crippen LogP contribution in [0.3, 0.4) is 0 Å². The second-order valence-electron chi connectivity index (χ2n) is 8.94. The van der Waals surface area contributed by atoms with E-state index in [9.17, 15) is 9.36 Å². The van der Waals surface area contributed by atoms with E-state index in [4.69, 9.17) is 13.8 Å². The van der Waals surface area contributed by atoms with Crippen LogP contribution >= 0.6 is 7.60 Å². The third-order valence-electron chi connectivity index (χ3n) is 6.40. The van der Waals surface area contributed by atoms with Crippen LogP contribution in [0.15, 0.2) is 11.3 Å². The van der Waals surface area contributed by atoms with Crippen LogP contribution in [0.2, 0.25) is 0 Å². The van der Waals surface area contributed by atoms with Gasteiger partial charge >= 0.3 is 13.6 Å². The molecule has 0 spiro atoms. The quantitative estimate of drug-likeness (QED) is 0.125. The number of carbonyl (C=O) groups is 1. The molecule has 0 saturated heterocycles. The average Bonchev–Trinajstić information content (AvgIpc) is 2.89. The third-order valence-corrected chi connectivity index (χ3v) is 8.32. The summed E-state index contributed by atoms with van der Waals surface area (Å²) in [6, 6.07) is 0. The Morgan fingerprint density at radius 2 is 1.39 bits per heavy atom. The summed E-state index contributed by atoms with van der Waals surface area (Å²) >= 11 is 0. The van der Waals surface area contributed by atoms with Crippen molar-refractivity contribution in [2.45, 2.75) is 117 Å². The first-order chi connectivity index (χ1) is 15.0. The van der Waals surface area contributed by atoms with Crippen molar-refractivity contribution >= 4 is 13.6 Å². The summed E-state index contributed by atoms with van der Waals surface area (Å²) in [6.45, 7) is 3.96. The molecular weight excluding hydrogens is 411 g/mol. The highest BCUT2D eigenvalue weighted by molar-refractivity contribution is 7.53. The number of rotatable bonds is 17. The van der Waals surface area contributed by atoms with Crippen molar-refractivity contribution in [2.75, 3.05) is 20.4 Å². The lowest BCUT2D eigenvalue weighted by atomic mass is 9.89. The number of unbranched alkanes of at least 4 members (excludes halogenated alkanes) is 13. The van der Waals surface area contributed by atoms with E-state index < -0.39 is 7.60 Å². The van der Waals surface area contributed by atoms with Gasteiger partial charge in [0.2, 0.25) is 0 Å². The molecule has 5 nitrogen and oxygen atoms in total. The van der Waals surface area contributed by atoms with E-state index in [2.05, 4.69) is 6.92 Å². The van der Waals surface area contributed by atoms with E-state index in [-0.39, 0.29) is 11.9 Å². The van der Waals surface area contributed by atoms with Gasteiger partial charge in [0.15, 0.2) is 0 Å². The second kappa shape index (κ2) is 16.8. The summed E-state index contributed by atoms with van der Waals surface area (Å²) in [4.78, 5) is 12.3. The van der Waals surface area contributed by atoms with Gasteiger partial charge in [-0.05, 0) is 25.7 Å². The highest BCUT2D eigenvalue weighted by Crippen LogP contribution is 2.54. The molecule has 31 heavy (non-hydrogen) atoms. The lowest BCUT2D eigenvalue weighted by molar-refractivity contribution is -0.137. The molecule has 1 heterocycles. The van der Waals surface area contributed by atoms with Gasteiger partial charge in [0.05, 0.1) is 18.8 Å². The zero-order valence-electron chi connectivity index (χ0n) is 20.6. The zero-order chi connectivity index (χ0) is 23.0. The molecular formula is C25H47O5P. The SMILES string of the molecule is CCCCCCCCCCCCCCCC[C@@H]1CC[P@@](=O)(OC)OC(C)=C1C(=O)OC. The normalized spacial score (nSPS) is 21.6. The first-order valence-corrected chi connectivity index (χ1v) is 14.3. The Balaban J connectivity index is 2.21. The van der Waals surface area contributed by atoms with Gasteiger partial charge in [-0.15, -0.1) is 0 Å². The fourth-order valence-electron chi connectivity index (χ4n) is 4.47. The van der Waals surface area contributed by atoms with E-state index >= 15 is 0 Å². The Hall–Kier alpha value is -0.800. The molecule has 1 rings (SSSR count). The van der Waals surface area contributed by atoms with Crippen LogP contribution in [0.5, 0.6) is 0 Å². The third kappa shape index (κ3) is 11.6. The summed E-state index contributed by atoms with van der Waals surface area (Å²) in [6.07, 6.45) is 20.4. The number of hydrogen-bond acceptors (Lipinski definition) is 5. The molecule has 6 heteroatoms. The molecule has 0 aromatic heterocycles. The Morgan fingerprint density at radius 3 is 1.84 bits per heavy atom. The lowest BCUT2D eigenvalue weighted by Crippen LogP contribution is -2.16. The van der Waals surface area contributed by atoms with Crippen LogP contribution in [0.25, 0.3) is 0 Å². The maximum absolute atomic E-state index is 12.6. The fourth-order valence-corrected chi connectivity index (χ4v) is 5.96. The number of esters is 1. The van der Waals surface area contributed by atoms with Crippen molar-refractivity contribution in [3.63, 3.8) is 0 Å². The predicted molar refractivity (Wildman–Crippen MR) is 128 cm³/mol. The molecule has 0 aromatic carbocycles. The molecule has 0 radical (unpaired) electrons. The maximum atomic E-state index is 12.6. The van der Waals surface area contributed by atoms with Crippen molar-refractivity contribution in [3.8, 4) is 0 Å². The van der Waals surface area contributed by atoms with Crippen molar-refractivity contribution in [1.29, 1.82) is 0 Å². The molecule has 0 fully saturated rings. The lowest BCUT2D eigenvalue weighted by Gasteiger charge is -2.17. The van der Waals surface area contributed by atoms with Gasteiger partial charge in [-0.25, -0.2) is 9.36 Å². The first-order valence-electron chi connectivity index (χ1n) is 12.6. The monoisotopic (exact) mass is 458 g/mol. The number of carbonyl (C=O) groups excluding carboxylic acids is 1. The topological polar surface area (TPSA) is 61.8 Å². The maximum Gasteiger partial charge on any atom is 0.378 e. The van der Waals surface area contributed by atoms with Gasteiger partial charge in [-0.3, -0.25) is 0 Å². The van der Waals surface area contributed by atoms with Crippen LogP contribution in [-0.4, -0.2) is 26.4 Å². The molecule has 182 valence electrons. The molecule has 0 saturated carbocycles. The predicted octanol–water partition coefficient (Wildman–Crippen LogP) is 8.18. The molecule has 0 unspecified atom stereocenters. The molecule has 1 aliphatic heterocycles. The Morgan fingerprint density at radius 1 is 0.903 bits per heavy atom. The summed E-state index contributed by atoms with van der Waals surface area (Å²) in [7, 11) is -0.373. The van der Waals surface area contributed by atoms with Gasteiger partial charge < -0.3 is 13.8 Å². The van der Waals surface area contributed by atoms with Gasteiger partial charge in [-0.2, -0.15) is 0 Å². The summed E-state index contributed by atoms with van der Waals surface area (Å²) in [5.74, 6) is 0.0399. The Labute approximate surface area is 191 Å². The largest absolute Gasteiger partial charge is 0.466 e. The Bertz CT molecular complexity index is 572. The van der Waals surface area contributed by atoms with E-state index in [1.54, 1.807) is 6.92 Å². The molecule has 0 aliphatic carbocycles. The van der Waals surface area contributed by atoms with Crippen LogP contribution in [0, 0.1) is 5.92 Å². The minimum absolute atomic E-state index is 0.0238. The summed E-state index contributed by atoms with van der Waals surface area (Å²) in [5, 5.41) is 0. The average molecular weight is 459 g/mol. The van der Waals surface area contributed by atoms with Crippen LogP contribution < -0.4 is 0 Å². The van der Waals surface area contributed by atoms with Crippen molar-refractivity contribution in [1.82, 2.24) is 0 Å². The van der Waals surface area contributed by atoms with Crippen LogP contribution in [0.4, 0.5) is 0 Å². The van der Waals surface area contributed by atoms with Gasteiger partial charge in [0, 0.05) is 7.11 Å². The fraction of sp³-hybridized carbons (Fsp3) is 0.880. The van der Waals surface area contributed by atoms with Gasteiger partial charge in [-0.1, -0.05) is 96.8 Å². The molecule has 0 N–H and O–H groups in total. The van der Waals surface area contributed by atoms with Gasteiger partial charge in [0.1, 0.15) is 5.76 Å². The number of hydrogen-bond donors (Lipinski definition) is 0. The number of allylic oxidation sites excluding steroid dienone is 1. The van der Waals surface area contributed by atoms with E-state index in [0.717, 1.165) is 12.8 Å². The first kappa shape index (κ1) is 28.2. The minimum atomic E-state index is -3.16. The van der Waals surface area contributed by atoms with E-state index in [0.29, 0.717) is 23.9 Å². The number of ether oxygens (including phenoxy) is 1. The molecule has 0 amide bonds.